The van der Waals surface area contributed by atoms with Crippen LogP contribution < -0.4 is 15.9 Å². The number of rotatable bonds is 8. The van der Waals surface area contributed by atoms with Crippen molar-refractivity contribution in [2.75, 3.05) is 13.2 Å². The normalized spacial score (nSPS) is 13.0. The Balaban J connectivity index is 0.00000142. The van der Waals surface area contributed by atoms with Crippen molar-refractivity contribution in [2.45, 2.75) is 90.9 Å². The molecule has 0 N–H and O–H groups in total. The molecule has 0 bridgehead atoms. The van der Waals surface area contributed by atoms with Gasteiger partial charge in [0.15, 0.2) is 0 Å². The van der Waals surface area contributed by atoms with Gasteiger partial charge in [-0.1, -0.05) is 23.5 Å². The first-order valence-corrected chi connectivity index (χ1v) is 16.1. The van der Waals surface area contributed by atoms with Crippen LogP contribution in [0, 0.1) is 11.6 Å². The molecule has 1 radical (unpaired) electrons. The molecule has 2 aromatic carbocycles. The molecule has 1 aliphatic heterocycles. The standard InChI is InChI=1S/C24H34F2NP2.C4H8O.O2.Pd/c1-15(2)28(16(3)4)23-13-19(25)9-11-21(23)27-22-12-10-20(26)14-24(22)29(17(5)6)18(7)8;1-2-4-5-3-1;1-2;/h9-18H,1-8H3;1-4H2;;/q-1;;-1;+2/p+2. The zero-order chi connectivity index (χ0) is 27.4. The maximum atomic E-state index is 14.2. The molecular formula is C28H44F2NO3P2Pd+2. The second kappa shape index (κ2) is 18.7. The Labute approximate surface area is 239 Å². The van der Waals surface area contributed by atoms with Gasteiger partial charge in [0.2, 0.25) is 0 Å². The molecule has 1 saturated heterocycles. The Morgan fingerprint density at radius 2 is 1.03 bits per heavy atom. The fraction of sp³-hybridized carbons (Fsp3) is 0.571. The Hall–Kier alpha value is -0.498. The van der Waals surface area contributed by atoms with Gasteiger partial charge >= 0.3 is 20.4 Å². The van der Waals surface area contributed by atoms with Crippen LogP contribution in [0.25, 0.3) is 5.32 Å². The van der Waals surface area contributed by atoms with Gasteiger partial charge in [0.05, 0.1) is 33.2 Å². The number of hydrogen-bond acceptors (Lipinski definition) is 2. The van der Waals surface area contributed by atoms with Gasteiger partial charge in [0.25, 0.3) is 0 Å². The Morgan fingerprint density at radius 1 is 0.703 bits per heavy atom. The Bertz CT molecular complexity index is 822. The predicted molar refractivity (Wildman–Crippen MR) is 153 cm³/mol. The minimum absolute atomic E-state index is 0. The monoisotopic (exact) mass is 648 g/mol. The van der Waals surface area contributed by atoms with Crippen LogP contribution >= 0.6 is 15.8 Å². The third-order valence-corrected chi connectivity index (χ3v) is 13.1. The van der Waals surface area contributed by atoms with E-state index in [0.717, 1.165) is 35.2 Å². The van der Waals surface area contributed by atoms with Crippen molar-refractivity contribution in [1.82, 2.24) is 0 Å². The molecule has 1 aliphatic rings. The van der Waals surface area contributed by atoms with E-state index in [9.17, 15) is 8.78 Å². The first kappa shape index (κ1) is 36.5. The van der Waals surface area contributed by atoms with Gasteiger partial charge in [-0.3, -0.25) is 0 Å². The minimum atomic E-state index is -1.000. The van der Waals surface area contributed by atoms with Gasteiger partial charge in [-0.2, -0.15) is 0 Å². The summed E-state index contributed by atoms with van der Waals surface area (Å²) in [6.45, 7) is 19.7. The molecular weight excluding hydrogens is 605 g/mol. The topological polar surface area (TPSA) is 66.3 Å². The van der Waals surface area contributed by atoms with E-state index in [-0.39, 0.29) is 32.1 Å². The van der Waals surface area contributed by atoms with Crippen LogP contribution in [0.1, 0.15) is 68.2 Å². The van der Waals surface area contributed by atoms with Gasteiger partial charge < -0.3 is 20.6 Å². The van der Waals surface area contributed by atoms with Crippen molar-refractivity contribution in [3.63, 3.8) is 0 Å². The molecule has 37 heavy (non-hydrogen) atoms. The van der Waals surface area contributed by atoms with Crippen LogP contribution in [0.5, 0.6) is 0 Å². The maximum absolute atomic E-state index is 14.2. The largest absolute Gasteiger partial charge is 2.00 e. The Kier molecular flexibility index (Phi) is 18.5. The fourth-order valence-electron chi connectivity index (χ4n) is 4.89. The van der Waals surface area contributed by atoms with Gasteiger partial charge in [-0.25, -0.2) is 8.78 Å². The van der Waals surface area contributed by atoms with Crippen LogP contribution in [-0.4, -0.2) is 35.8 Å². The minimum Gasteiger partial charge on any atom is -0.693 e. The van der Waals surface area contributed by atoms with E-state index >= 15 is 0 Å². The molecule has 0 unspecified atom stereocenters. The predicted octanol–water partition coefficient (Wildman–Crippen LogP) is 7.10. The van der Waals surface area contributed by atoms with Gasteiger partial charge in [-0.05, 0) is 80.4 Å². The zero-order valence-electron chi connectivity index (χ0n) is 23.3. The van der Waals surface area contributed by atoms with Crippen LogP contribution in [0.4, 0.5) is 20.2 Å². The van der Waals surface area contributed by atoms with E-state index in [1.54, 1.807) is 24.3 Å². The summed E-state index contributed by atoms with van der Waals surface area (Å²) >= 11 is 0. The average Bonchev–Trinajstić information content (AvgIpc) is 3.38. The number of hydrogen-bond donors (Lipinski definition) is 0. The van der Waals surface area contributed by atoms with Crippen molar-refractivity contribution >= 4 is 37.8 Å². The van der Waals surface area contributed by atoms with E-state index in [0.29, 0.717) is 22.6 Å². The molecule has 1 fully saturated rings. The first-order chi connectivity index (χ1) is 17.0. The number of benzene rings is 2. The second-order valence-corrected chi connectivity index (χ2v) is 17.8. The number of halogens is 2. The van der Waals surface area contributed by atoms with Crippen LogP contribution in [-0.2, 0) is 30.4 Å². The van der Waals surface area contributed by atoms with E-state index in [4.69, 9.17) is 20.6 Å². The quantitative estimate of drug-likeness (QED) is 0.133. The average molecular weight is 649 g/mol. The molecule has 3 rings (SSSR count). The summed E-state index contributed by atoms with van der Waals surface area (Å²) in [5, 5.41) is 21.1. The molecule has 2 aromatic rings. The smallest absolute Gasteiger partial charge is 0.693 e. The molecule has 0 spiro atoms. The molecule has 211 valence electrons. The van der Waals surface area contributed by atoms with Gasteiger partial charge in [-0.15, -0.1) is 0 Å². The van der Waals surface area contributed by atoms with Gasteiger partial charge in [0, 0.05) is 41.2 Å². The molecule has 0 saturated carbocycles. The third kappa shape index (κ3) is 11.6. The maximum Gasteiger partial charge on any atom is 2.00 e. The SMILES string of the molecule is C1CCOC1.CC(C)[PH+](c1cc(F)ccc1[N-]c1ccc(F)cc1[PH+](C(C)C)C(C)C)C(C)C.[O][O-].[Pd+2]. The second-order valence-electron chi connectivity index (χ2n) is 10.3. The van der Waals surface area contributed by atoms with Crippen molar-refractivity contribution in [3.8, 4) is 0 Å². The third-order valence-electron chi connectivity index (χ3n) is 6.10. The summed E-state index contributed by atoms with van der Waals surface area (Å²) < 4.78 is 33.3. The zero-order valence-corrected chi connectivity index (χ0v) is 26.9. The first-order valence-electron chi connectivity index (χ1n) is 12.8. The molecule has 1 heterocycles. The summed E-state index contributed by atoms with van der Waals surface area (Å²) in [5.41, 5.74) is 3.54. The molecule has 9 heteroatoms. The van der Waals surface area contributed by atoms with E-state index in [2.05, 4.69) is 55.4 Å². The van der Waals surface area contributed by atoms with Crippen molar-refractivity contribution in [1.29, 1.82) is 0 Å². The molecule has 0 aromatic heterocycles. The summed E-state index contributed by atoms with van der Waals surface area (Å²) in [6, 6.07) is 9.92. The molecule has 0 aliphatic carbocycles. The Morgan fingerprint density at radius 3 is 1.27 bits per heavy atom. The summed E-state index contributed by atoms with van der Waals surface area (Å²) in [5.74, 6) is -0.424. The molecule has 0 amide bonds. The van der Waals surface area contributed by atoms with Crippen LogP contribution in [0.2, 0.25) is 0 Å². The van der Waals surface area contributed by atoms with Crippen molar-refractivity contribution in [3.05, 3.63) is 53.3 Å². The van der Waals surface area contributed by atoms with Gasteiger partial charge in [0.1, 0.15) is 11.6 Å². The molecule has 4 nitrogen and oxygen atoms in total. The van der Waals surface area contributed by atoms with E-state index in [1.165, 1.54) is 25.0 Å². The van der Waals surface area contributed by atoms with E-state index < -0.39 is 15.8 Å². The van der Waals surface area contributed by atoms with E-state index in [1.807, 2.05) is 0 Å². The number of nitrogens with zero attached hydrogens (tertiary/aromatic N) is 1. The van der Waals surface area contributed by atoms with Crippen molar-refractivity contribution < 1.29 is 44.5 Å². The fourth-order valence-corrected chi connectivity index (χ4v) is 11.5. The molecule has 0 atom stereocenters. The van der Waals surface area contributed by atoms with Crippen molar-refractivity contribution in [2.24, 2.45) is 0 Å². The summed E-state index contributed by atoms with van der Waals surface area (Å²) in [6.07, 6.45) is 2.56. The van der Waals surface area contributed by atoms with Crippen LogP contribution in [0.3, 0.4) is 0 Å². The number of ether oxygens (including phenoxy) is 1. The summed E-state index contributed by atoms with van der Waals surface area (Å²) in [7, 11) is -2.00. The summed E-state index contributed by atoms with van der Waals surface area (Å²) in [4.78, 5) is 0. The van der Waals surface area contributed by atoms with Crippen LogP contribution in [0.15, 0.2) is 36.4 Å².